The maximum Gasteiger partial charge on any atom is 0.270 e. The van der Waals surface area contributed by atoms with E-state index in [4.69, 9.17) is 4.74 Å². The molecule has 0 saturated carbocycles. The van der Waals surface area contributed by atoms with E-state index >= 15 is 0 Å². The highest BCUT2D eigenvalue weighted by atomic mass is 127. The molecule has 2 aromatic rings. The molecule has 0 heterocycles. The van der Waals surface area contributed by atoms with Crippen molar-refractivity contribution in [3.63, 3.8) is 0 Å². The monoisotopic (exact) mass is 394 g/mol. The normalized spacial score (nSPS) is 13.2. The van der Waals surface area contributed by atoms with Gasteiger partial charge in [0.1, 0.15) is 6.07 Å². The number of hydrogen-bond acceptors (Lipinski definition) is 4. The summed E-state index contributed by atoms with van der Waals surface area (Å²) in [5.74, 6) is 0. The third-order valence-corrected chi connectivity index (χ3v) is 4.08. The maximum atomic E-state index is 10.8. The predicted octanol–water partition coefficient (Wildman–Crippen LogP) is 3.61. The Morgan fingerprint density at radius 2 is 1.95 bits per heavy atom. The van der Waals surface area contributed by atoms with Crippen LogP contribution in [0.2, 0.25) is 0 Å². The fourth-order valence-electron chi connectivity index (χ4n) is 2.13. The lowest BCUT2D eigenvalue weighted by Gasteiger charge is -2.27. The summed E-state index contributed by atoms with van der Waals surface area (Å²) in [6.45, 7) is 0. The molecule has 2 rings (SSSR count). The van der Waals surface area contributed by atoms with Crippen LogP contribution in [0.1, 0.15) is 11.1 Å². The van der Waals surface area contributed by atoms with Gasteiger partial charge in [0.25, 0.3) is 5.69 Å². The molecule has 5 nitrogen and oxygen atoms in total. The molecule has 0 fully saturated rings. The molecule has 21 heavy (non-hydrogen) atoms. The SMILES string of the molecule is COC(C#N)(c1ccccc1)c1ccc([N+](=O)[O-])cc1I. The van der Waals surface area contributed by atoms with Crippen LogP contribution >= 0.6 is 22.6 Å². The van der Waals surface area contributed by atoms with Crippen LogP contribution in [0.15, 0.2) is 48.5 Å². The minimum atomic E-state index is -1.28. The quantitative estimate of drug-likeness (QED) is 0.451. The second-order valence-electron chi connectivity index (χ2n) is 4.28. The first-order valence-corrected chi connectivity index (χ1v) is 7.09. The van der Waals surface area contributed by atoms with Crippen molar-refractivity contribution in [1.29, 1.82) is 5.26 Å². The summed E-state index contributed by atoms with van der Waals surface area (Å²) in [4.78, 5) is 10.4. The van der Waals surface area contributed by atoms with Gasteiger partial charge in [-0.25, -0.2) is 0 Å². The van der Waals surface area contributed by atoms with Gasteiger partial charge in [-0.3, -0.25) is 10.1 Å². The van der Waals surface area contributed by atoms with E-state index in [0.29, 0.717) is 14.7 Å². The Morgan fingerprint density at radius 1 is 1.29 bits per heavy atom. The molecular weight excluding hydrogens is 383 g/mol. The average Bonchev–Trinajstić information content (AvgIpc) is 2.51. The number of nitrogens with zero attached hydrogens (tertiary/aromatic N) is 2. The van der Waals surface area contributed by atoms with Crippen molar-refractivity contribution in [3.05, 3.63) is 73.3 Å². The minimum absolute atomic E-state index is 0.0147. The number of hydrogen-bond donors (Lipinski definition) is 0. The minimum Gasteiger partial charge on any atom is -0.355 e. The second kappa shape index (κ2) is 6.20. The van der Waals surface area contributed by atoms with Gasteiger partial charge < -0.3 is 4.74 Å². The number of halogens is 1. The molecule has 0 radical (unpaired) electrons. The van der Waals surface area contributed by atoms with E-state index in [9.17, 15) is 15.4 Å². The molecule has 0 aliphatic heterocycles. The van der Waals surface area contributed by atoms with Gasteiger partial charge >= 0.3 is 0 Å². The molecule has 0 bridgehead atoms. The number of nitriles is 1. The average molecular weight is 394 g/mol. The molecule has 6 heteroatoms. The highest BCUT2D eigenvalue weighted by Crippen LogP contribution is 2.36. The highest BCUT2D eigenvalue weighted by Gasteiger charge is 2.36. The fourth-order valence-corrected chi connectivity index (χ4v) is 3.01. The largest absolute Gasteiger partial charge is 0.355 e. The van der Waals surface area contributed by atoms with E-state index in [2.05, 4.69) is 6.07 Å². The third kappa shape index (κ3) is 2.75. The first-order chi connectivity index (χ1) is 10.0. The fraction of sp³-hybridized carbons (Fsp3) is 0.133. The Bertz CT molecular complexity index is 713. The Morgan fingerprint density at radius 3 is 2.43 bits per heavy atom. The van der Waals surface area contributed by atoms with Crippen molar-refractivity contribution < 1.29 is 9.66 Å². The van der Waals surface area contributed by atoms with Crippen LogP contribution in [0.25, 0.3) is 0 Å². The van der Waals surface area contributed by atoms with Gasteiger partial charge in [-0.1, -0.05) is 30.3 Å². The van der Waals surface area contributed by atoms with Crippen LogP contribution in [0.4, 0.5) is 5.69 Å². The van der Waals surface area contributed by atoms with Crippen molar-refractivity contribution in [2.45, 2.75) is 5.60 Å². The molecule has 0 aliphatic carbocycles. The van der Waals surface area contributed by atoms with E-state index in [-0.39, 0.29) is 5.69 Å². The van der Waals surface area contributed by atoms with Gasteiger partial charge in [-0.05, 0) is 28.7 Å². The molecule has 0 saturated heterocycles. The van der Waals surface area contributed by atoms with Crippen LogP contribution in [0.5, 0.6) is 0 Å². The molecule has 1 atom stereocenters. The molecule has 0 amide bonds. The number of rotatable bonds is 4. The van der Waals surface area contributed by atoms with Crippen LogP contribution < -0.4 is 0 Å². The molecule has 1 unspecified atom stereocenters. The molecule has 0 N–H and O–H groups in total. The maximum absolute atomic E-state index is 10.8. The Labute approximate surface area is 135 Å². The van der Waals surface area contributed by atoms with Gasteiger partial charge in [-0.2, -0.15) is 5.26 Å². The summed E-state index contributed by atoms with van der Waals surface area (Å²) in [6, 6.07) is 15.7. The zero-order valence-corrected chi connectivity index (χ0v) is 13.3. The number of non-ortho nitro benzene ring substituents is 1. The summed E-state index contributed by atoms with van der Waals surface area (Å²) in [7, 11) is 1.45. The van der Waals surface area contributed by atoms with Gasteiger partial charge in [0, 0.05) is 33.9 Å². The Balaban J connectivity index is 2.65. The van der Waals surface area contributed by atoms with E-state index in [1.54, 1.807) is 18.2 Å². The lowest BCUT2D eigenvalue weighted by atomic mass is 9.87. The van der Waals surface area contributed by atoms with E-state index in [0.717, 1.165) is 0 Å². The molecular formula is C15H11IN2O3. The Hall–Kier alpha value is -1.98. The molecule has 106 valence electrons. The molecule has 0 spiro atoms. The first-order valence-electron chi connectivity index (χ1n) is 6.01. The van der Waals surface area contributed by atoms with Crippen molar-refractivity contribution in [2.24, 2.45) is 0 Å². The molecule has 0 aliphatic rings. The predicted molar refractivity (Wildman–Crippen MR) is 85.7 cm³/mol. The highest BCUT2D eigenvalue weighted by molar-refractivity contribution is 14.1. The van der Waals surface area contributed by atoms with Crippen molar-refractivity contribution in [1.82, 2.24) is 0 Å². The number of methoxy groups -OCH3 is 1. The summed E-state index contributed by atoms with van der Waals surface area (Å²) >= 11 is 1.98. The van der Waals surface area contributed by atoms with Crippen LogP contribution in [0, 0.1) is 25.0 Å². The lowest BCUT2D eigenvalue weighted by molar-refractivity contribution is -0.385. The van der Waals surface area contributed by atoms with Crippen LogP contribution in [-0.2, 0) is 10.3 Å². The summed E-state index contributed by atoms with van der Waals surface area (Å²) < 4.78 is 6.11. The summed E-state index contributed by atoms with van der Waals surface area (Å²) in [5.41, 5.74) is -0.0294. The molecule has 0 aromatic heterocycles. The van der Waals surface area contributed by atoms with E-state index in [1.807, 2.05) is 40.8 Å². The van der Waals surface area contributed by atoms with Crippen LogP contribution in [-0.4, -0.2) is 12.0 Å². The molecule has 2 aromatic carbocycles. The van der Waals surface area contributed by atoms with Gasteiger partial charge in [-0.15, -0.1) is 0 Å². The zero-order valence-electron chi connectivity index (χ0n) is 11.1. The van der Waals surface area contributed by atoms with E-state index < -0.39 is 10.5 Å². The second-order valence-corrected chi connectivity index (χ2v) is 5.45. The smallest absolute Gasteiger partial charge is 0.270 e. The summed E-state index contributed by atoms with van der Waals surface area (Å²) in [5, 5.41) is 20.5. The van der Waals surface area contributed by atoms with Crippen molar-refractivity contribution in [3.8, 4) is 6.07 Å². The lowest BCUT2D eigenvalue weighted by Crippen LogP contribution is -2.29. The summed E-state index contributed by atoms with van der Waals surface area (Å²) in [6.07, 6.45) is 0. The zero-order chi connectivity index (χ0) is 15.5. The Kier molecular flexibility index (Phi) is 4.55. The van der Waals surface area contributed by atoms with Gasteiger partial charge in [0.05, 0.1) is 4.92 Å². The van der Waals surface area contributed by atoms with Crippen molar-refractivity contribution in [2.75, 3.05) is 7.11 Å². The standard InChI is InChI=1S/C15H11IN2O3/c1-21-15(10-17,11-5-3-2-4-6-11)13-8-7-12(18(19)20)9-14(13)16/h2-9H,1H3. The number of nitro benzene ring substituents is 1. The number of benzene rings is 2. The van der Waals surface area contributed by atoms with Gasteiger partial charge in [0.2, 0.25) is 5.60 Å². The number of ether oxygens (including phenoxy) is 1. The van der Waals surface area contributed by atoms with Gasteiger partial charge in [0.15, 0.2) is 0 Å². The third-order valence-electron chi connectivity index (χ3n) is 3.19. The van der Waals surface area contributed by atoms with Crippen molar-refractivity contribution >= 4 is 28.3 Å². The number of nitro groups is 1. The van der Waals surface area contributed by atoms with Crippen LogP contribution in [0.3, 0.4) is 0 Å². The first kappa shape index (κ1) is 15.4. The topological polar surface area (TPSA) is 76.2 Å². The van der Waals surface area contributed by atoms with E-state index in [1.165, 1.54) is 19.2 Å².